The molecular formula is C14H14Zr. The first-order valence-electron chi connectivity index (χ1n) is 4.29. The van der Waals surface area contributed by atoms with Gasteiger partial charge < -0.3 is 25.7 Å². The Labute approximate surface area is 112 Å². The van der Waals surface area contributed by atoms with Crippen molar-refractivity contribution in [1.82, 2.24) is 0 Å². The van der Waals surface area contributed by atoms with Gasteiger partial charge in [-0.1, -0.05) is 0 Å². The van der Waals surface area contributed by atoms with Crippen LogP contribution in [0.1, 0.15) is 0 Å². The Morgan fingerprint density at radius 1 is 0.667 bits per heavy atom. The van der Waals surface area contributed by atoms with Gasteiger partial charge in [-0.15, -0.1) is 0 Å². The summed E-state index contributed by atoms with van der Waals surface area (Å²) in [5.74, 6) is 4.64. The van der Waals surface area contributed by atoms with Gasteiger partial charge in [0.25, 0.3) is 0 Å². The number of rotatable bonds is 0. The summed E-state index contributed by atoms with van der Waals surface area (Å²) in [5, 5.41) is 0. The van der Waals surface area contributed by atoms with E-state index in [9.17, 15) is 0 Å². The fourth-order valence-corrected chi connectivity index (χ4v) is 0.642. The van der Waals surface area contributed by atoms with Crippen molar-refractivity contribution in [3.05, 3.63) is 74.5 Å². The maximum Gasteiger partial charge on any atom is 4.00 e. The fourth-order valence-electron chi connectivity index (χ4n) is 0.642. The third-order valence-corrected chi connectivity index (χ3v) is 1.24. The van der Waals surface area contributed by atoms with Crippen LogP contribution < -0.4 is 0 Å². The zero-order valence-corrected chi connectivity index (χ0v) is 11.1. The standard InChI is InChI=1S/2C5H5.C4H4.Zr/c2*1-2-4-5-3-1;1-3-4-2;/h2*1-5H;1-2H2;/q2*-1;-2;+4. The van der Waals surface area contributed by atoms with E-state index in [0.29, 0.717) is 0 Å². The third kappa shape index (κ3) is 15.6. The van der Waals surface area contributed by atoms with Crippen molar-refractivity contribution in [3.8, 4) is 11.8 Å². The molecule has 15 heavy (non-hydrogen) atoms. The zero-order chi connectivity index (χ0) is 10.5. The summed E-state index contributed by atoms with van der Waals surface area (Å²) in [6, 6.07) is 20.0. The summed E-state index contributed by atoms with van der Waals surface area (Å²) in [5.41, 5.74) is 0. The Bertz CT molecular complexity index is 239. The second-order valence-corrected chi connectivity index (χ2v) is 2.28. The Hall–Kier alpha value is -1.12. The van der Waals surface area contributed by atoms with Gasteiger partial charge >= 0.3 is 26.2 Å². The summed E-state index contributed by atoms with van der Waals surface area (Å²) in [6.07, 6.45) is 0. The predicted molar refractivity (Wildman–Crippen MR) is 62.6 cm³/mol. The van der Waals surface area contributed by atoms with Crippen molar-refractivity contribution in [2.45, 2.75) is 0 Å². The second kappa shape index (κ2) is 15.4. The van der Waals surface area contributed by atoms with Gasteiger partial charge in [-0.05, 0) is 0 Å². The minimum atomic E-state index is 0. The Balaban J connectivity index is 0. The molecule has 0 atom stereocenters. The molecular weight excluding hydrogens is 259 g/mol. The van der Waals surface area contributed by atoms with Gasteiger partial charge in [0, 0.05) is 0 Å². The molecule has 0 saturated heterocycles. The summed E-state index contributed by atoms with van der Waals surface area (Å²) < 4.78 is 0. The van der Waals surface area contributed by atoms with Crippen LogP contribution in [0.5, 0.6) is 0 Å². The molecule has 0 N–H and O–H groups in total. The van der Waals surface area contributed by atoms with E-state index in [2.05, 4.69) is 25.7 Å². The molecule has 0 amide bonds. The third-order valence-electron chi connectivity index (χ3n) is 1.24. The largest absolute Gasteiger partial charge is 4.00 e. The SMILES string of the molecule is [CH2-]C#C[CH2-].[Zr+4].c1cc[cH-]c1.c1cc[cH-]c1. The smallest absolute Gasteiger partial charge is 0.525 e. The molecule has 0 heterocycles. The molecule has 0 radical (unpaired) electrons. The van der Waals surface area contributed by atoms with E-state index in [0.717, 1.165) is 0 Å². The molecule has 0 saturated carbocycles. The first kappa shape index (κ1) is 16.3. The molecule has 0 unspecified atom stereocenters. The van der Waals surface area contributed by atoms with E-state index in [1.54, 1.807) is 0 Å². The van der Waals surface area contributed by atoms with Gasteiger partial charge in [0.2, 0.25) is 0 Å². The Morgan fingerprint density at radius 2 is 0.933 bits per heavy atom. The first-order chi connectivity index (χ1) is 6.91. The van der Waals surface area contributed by atoms with E-state index >= 15 is 0 Å². The van der Waals surface area contributed by atoms with Crippen molar-refractivity contribution in [2.24, 2.45) is 0 Å². The van der Waals surface area contributed by atoms with Gasteiger partial charge in [0.15, 0.2) is 0 Å². The normalized spacial score (nSPS) is 6.13. The molecule has 0 aromatic heterocycles. The summed E-state index contributed by atoms with van der Waals surface area (Å²) in [6.45, 7) is 6.36. The molecule has 0 aliphatic rings. The zero-order valence-electron chi connectivity index (χ0n) is 8.69. The molecule has 0 bridgehead atoms. The molecule has 0 aliphatic carbocycles. The summed E-state index contributed by atoms with van der Waals surface area (Å²) in [4.78, 5) is 0. The molecule has 74 valence electrons. The average molecular weight is 273 g/mol. The molecule has 0 spiro atoms. The maximum absolute atomic E-state index is 3.18. The van der Waals surface area contributed by atoms with Crippen LogP contribution in [0.25, 0.3) is 0 Å². The molecule has 0 aliphatic heterocycles. The van der Waals surface area contributed by atoms with Crippen molar-refractivity contribution >= 4 is 0 Å². The van der Waals surface area contributed by atoms with Crippen LogP contribution in [0, 0.1) is 25.7 Å². The summed E-state index contributed by atoms with van der Waals surface area (Å²) >= 11 is 0. The topological polar surface area (TPSA) is 0 Å². The van der Waals surface area contributed by atoms with Crippen LogP contribution in [-0.2, 0) is 26.2 Å². The van der Waals surface area contributed by atoms with Gasteiger partial charge in [0.05, 0.1) is 0 Å². The molecule has 0 fully saturated rings. The second-order valence-electron chi connectivity index (χ2n) is 2.28. The minimum absolute atomic E-state index is 0. The van der Waals surface area contributed by atoms with Crippen LogP contribution in [-0.4, -0.2) is 0 Å². The van der Waals surface area contributed by atoms with E-state index in [1.165, 1.54) is 0 Å². The summed E-state index contributed by atoms with van der Waals surface area (Å²) in [7, 11) is 0. The average Bonchev–Trinajstić information content (AvgIpc) is 2.94. The van der Waals surface area contributed by atoms with Crippen LogP contribution >= 0.6 is 0 Å². The van der Waals surface area contributed by atoms with Gasteiger partial charge in [-0.2, -0.15) is 36.4 Å². The predicted octanol–water partition coefficient (Wildman–Crippen LogP) is 3.47. The van der Waals surface area contributed by atoms with Crippen LogP contribution in [0.4, 0.5) is 0 Å². The van der Waals surface area contributed by atoms with E-state index in [1.807, 2.05) is 60.7 Å². The van der Waals surface area contributed by atoms with Gasteiger partial charge in [-0.25, -0.2) is 24.3 Å². The number of hydrogen-bond acceptors (Lipinski definition) is 0. The van der Waals surface area contributed by atoms with Gasteiger partial charge in [0.1, 0.15) is 0 Å². The van der Waals surface area contributed by atoms with Crippen molar-refractivity contribution < 1.29 is 26.2 Å². The number of hydrogen-bond donors (Lipinski definition) is 0. The van der Waals surface area contributed by atoms with Crippen LogP contribution in [0.15, 0.2) is 60.7 Å². The molecule has 2 aromatic rings. The van der Waals surface area contributed by atoms with E-state index in [4.69, 9.17) is 0 Å². The maximum atomic E-state index is 3.18. The first-order valence-corrected chi connectivity index (χ1v) is 4.29. The van der Waals surface area contributed by atoms with Crippen LogP contribution in [0.2, 0.25) is 0 Å². The molecule has 2 rings (SSSR count). The van der Waals surface area contributed by atoms with Crippen molar-refractivity contribution in [2.75, 3.05) is 0 Å². The van der Waals surface area contributed by atoms with Crippen molar-refractivity contribution in [1.29, 1.82) is 0 Å². The quantitative estimate of drug-likeness (QED) is 0.509. The van der Waals surface area contributed by atoms with E-state index < -0.39 is 0 Å². The van der Waals surface area contributed by atoms with Crippen molar-refractivity contribution in [3.63, 3.8) is 0 Å². The van der Waals surface area contributed by atoms with Gasteiger partial charge in [-0.3, -0.25) is 0 Å². The Kier molecular flexibility index (Phi) is 16.7. The monoisotopic (exact) mass is 272 g/mol. The Morgan fingerprint density at radius 3 is 1.00 bits per heavy atom. The molecule has 0 nitrogen and oxygen atoms in total. The van der Waals surface area contributed by atoms with E-state index in [-0.39, 0.29) is 26.2 Å². The fraction of sp³-hybridized carbons (Fsp3) is 0. The minimum Gasteiger partial charge on any atom is -0.525 e. The van der Waals surface area contributed by atoms with Crippen LogP contribution in [0.3, 0.4) is 0 Å². The molecule has 1 heteroatoms. The molecule has 2 aromatic carbocycles.